The van der Waals surface area contributed by atoms with E-state index in [1.54, 1.807) is 56.3 Å². The molecule has 4 rings (SSSR count). The number of allylic oxidation sites excluding steroid dienone is 1. The molecule has 1 aromatic heterocycles. The van der Waals surface area contributed by atoms with Crippen LogP contribution in [0.5, 0.6) is 17.2 Å². The van der Waals surface area contributed by atoms with Gasteiger partial charge in [0.2, 0.25) is 0 Å². The lowest BCUT2D eigenvalue weighted by atomic mass is 9.95. The number of fused-ring (bicyclic) bond motifs is 1. The number of rotatable bonds is 7. The number of esters is 1. The van der Waals surface area contributed by atoms with E-state index in [-0.39, 0.29) is 29.6 Å². The molecule has 0 saturated carbocycles. The standard InChI is InChI=1S/C27H27BrN2O6S/c1-6-35-26(33)23-15(4)29-27-30(24(23)16-7-10-20(36-14(2)3)21(12-16)34-5)25(32)22(37-27)13-17-11-18(28)8-9-19(17)31/h7-14,24,31H,6H2,1-5H3/b22-13+/t24-/m0/s1. The van der Waals surface area contributed by atoms with E-state index in [2.05, 4.69) is 20.9 Å². The zero-order chi connectivity index (χ0) is 26.9. The Morgan fingerprint density at radius 2 is 2.00 bits per heavy atom. The minimum atomic E-state index is -0.796. The fraction of sp³-hybridized carbons (Fsp3) is 0.296. The van der Waals surface area contributed by atoms with Crippen LogP contribution in [0.2, 0.25) is 0 Å². The number of methoxy groups -OCH3 is 1. The average molecular weight is 587 g/mol. The van der Waals surface area contributed by atoms with Gasteiger partial charge in [-0.15, -0.1) is 0 Å². The van der Waals surface area contributed by atoms with Crippen molar-refractivity contribution in [2.24, 2.45) is 4.99 Å². The largest absolute Gasteiger partial charge is 0.507 e. The first-order chi connectivity index (χ1) is 17.6. The number of nitrogens with zero attached hydrogens (tertiary/aromatic N) is 2. The van der Waals surface area contributed by atoms with Crippen LogP contribution in [0.3, 0.4) is 0 Å². The summed E-state index contributed by atoms with van der Waals surface area (Å²) in [5.74, 6) is 0.524. The lowest BCUT2D eigenvalue weighted by molar-refractivity contribution is -0.139. The molecule has 0 amide bonds. The number of halogens is 1. The second-order valence-electron chi connectivity index (χ2n) is 8.58. The summed E-state index contributed by atoms with van der Waals surface area (Å²) in [5.41, 5.74) is 1.51. The summed E-state index contributed by atoms with van der Waals surface area (Å²) < 4.78 is 19.4. The minimum Gasteiger partial charge on any atom is -0.507 e. The van der Waals surface area contributed by atoms with Gasteiger partial charge >= 0.3 is 5.97 Å². The third kappa shape index (κ3) is 5.35. The van der Waals surface area contributed by atoms with Crippen LogP contribution in [0.25, 0.3) is 6.08 Å². The molecule has 37 heavy (non-hydrogen) atoms. The predicted molar refractivity (Wildman–Crippen MR) is 145 cm³/mol. The molecule has 0 fully saturated rings. The highest BCUT2D eigenvalue weighted by molar-refractivity contribution is 9.10. The molecule has 0 radical (unpaired) electrons. The van der Waals surface area contributed by atoms with Gasteiger partial charge in [-0.05, 0) is 69.7 Å². The molecule has 0 bridgehead atoms. The molecule has 8 nitrogen and oxygen atoms in total. The SMILES string of the molecule is CCOC(=O)C1=C(C)N=c2s/c(=C/c3cc(Br)ccc3O)c(=O)n2[C@H]1c1ccc(OC(C)C)c(OC)c1. The zero-order valence-corrected chi connectivity index (χ0v) is 23.5. The highest BCUT2D eigenvalue weighted by Crippen LogP contribution is 2.36. The Bertz CT molecular complexity index is 1570. The van der Waals surface area contributed by atoms with Gasteiger partial charge in [0.1, 0.15) is 5.75 Å². The number of phenols is 1. The van der Waals surface area contributed by atoms with E-state index in [0.717, 1.165) is 4.47 Å². The first kappa shape index (κ1) is 26.7. The highest BCUT2D eigenvalue weighted by atomic mass is 79.9. The number of hydrogen-bond donors (Lipinski definition) is 1. The minimum absolute atomic E-state index is 0.0412. The number of aromatic nitrogens is 1. The van der Waals surface area contributed by atoms with Crippen molar-refractivity contribution in [2.45, 2.75) is 39.8 Å². The van der Waals surface area contributed by atoms with Gasteiger partial charge in [0.05, 0.1) is 41.7 Å². The molecular formula is C27H27BrN2O6S. The molecular weight excluding hydrogens is 560 g/mol. The number of aromatic hydroxyl groups is 1. The quantitative estimate of drug-likeness (QED) is 0.419. The van der Waals surface area contributed by atoms with Crippen LogP contribution in [0.15, 0.2) is 61.9 Å². The van der Waals surface area contributed by atoms with Gasteiger partial charge in [0.25, 0.3) is 5.56 Å². The number of carbonyl (C=O) groups is 1. The van der Waals surface area contributed by atoms with Crippen molar-refractivity contribution in [1.29, 1.82) is 0 Å². The lowest BCUT2D eigenvalue weighted by Gasteiger charge is -2.25. The second-order valence-corrected chi connectivity index (χ2v) is 10.5. The molecule has 2 aromatic carbocycles. The number of carbonyl (C=O) groups excluding carboxylic acids is 1. The maximum atomic E-state index is 13.8. The zero-order valence-electron chi connectivity index (χ0n) is 21.1. The molecule has 0 unspecified atom stereocenters. The Morgan fingerprint density at radius 3 is 2.68 bits per heavy atom. The Balaban J connectivity index is 1.96. The smallest absolute Gasteiger partial charge is 0.338 e. The van der Waals surface area contributed by atoms with Crippen LogP contribution < -0.4 is 24.4 Å². The molecule has 194 valence electrons. The van der Waals surface area contributed by atoms with Gasteiger partial charge in [-0.2, -0.15) is 0 Å². The summed E-state index contributed by atoms with van der Waals surface area (Å²) in [4.78, 5) is 31.9. The van der Waals surface area contributed by atoms with Crippen LogP contribution in [0.1, 0.15) is 44.9 Å². The van der Waals surface area contributed by atoms with Crippen LogP contribution in [0, 0.1) is 0 Å². The van der Waals surface area contributed by atoms with E-state index in [4.69, 9.17) is 14.2 Å². The molecule has 0 aliphatic carbocycles. The van der Waals surface area contributed by atoms with Gasteiger partial charge in [-0.1, -0.05) is 33.3 Å². The molecule has 10 heteroatoms. The maximum Gasteiger partial charge on any atom is 0.338 e. The first-order valence-electron chi connectivity index (χ1n) is 11.7. The third-order valence-corrected chi connectivity index (χ3v) is 7.14. The summed E-state index contributed by atoms with van der Waals surface area (Å²) >= 11 is 4.58. The summed E-state index contributed by atoms with van der Waals surface area (Å²) in [6.45, 7) is 7.46. The summed E-state index contributed by atoms with van der Waals surface area (Å²) in [5, 5.41) is 10.3. The average Bonchev–Trinajstić information content (AvgIpc) is 3.15. The maximum absolute atomic E-state index is 13.8. The highest BCUT2D eigenvalue weighted by Gasteiger charge is 2.34. The molecule has 1 N–H and O–H groups in total. The number of thiazole rings is 1. The Kier molecular flexibility index (Phi) is 7.89. The van der Waals surface area contributed by atoms with Crippen molar-refractivity contribution in [1.82, 2.24) is 4.57 Å². The van der Waals surface area contributed by atoms with E-state index in [1.165, 1.54) is 23.0 Å². The van der Waals surface area contributed by atoms with Crippen molar-refractivity contribution < 1.29 is 24.1 Å². The van der Waals surface area contributed by atoms with E-state index >= 15 is 0 Å². The Labute approximate surface area is 226 Å². The number of benzene rings is 2. The first-order valence-corrected chi connectivity index (χ1v) is 13.3. The summed E-state index contributed by atoms with van der Waals surface area (Å²) in [6.07, 6.45) is 1.55. The fourth-order valence-corrected chi connectivity index (χ4v) is 5.51. The Hall–Kier alpha value is -3.37. The van der Waals surface area contributed by atoms with Crippen molar-refractivity contribution in [3.8, 4) is 17.2 Å². The van der Waals surface area contributed by atoms with Gasteiger partial charge < -0.3 is 19.3 Å². The van der Waals surface area contributed by atoms with Crippen molar-refractivity contribution in [3.63, 3.8) is 0 Å². The van der Waals surface area contributed by atoms with Crippen molar-refractivity contribution in [2.75, 3.05) is 13.7 Å². The fourth-order valence-electron chi connectivity index (χ4n) is 4.09. The second kappa shape index (κ2) is 10.9. The van der Waals surface area contributed by atoms with Gasteiger partial charge in [-0.25, -0.2) is 9.79 Å². The van der Waals surface area contributed by atoms with E-state index < -0.39 is 12.0 Å². The van der Waals surface area contributed by atoms with E-state index in [0.29, 0.717) is 37.7 Å². The number of hydrogen-bond acceptors (Lipinski definition) is 8. The normalized spacial score (nSPS) is 15.4. The summed E-state index contributed by atoms with van der Waals surface area (Å²) in [7, 11) is 1.54. The number of ether oxygens (including phenoxy) is 3. The van der Waals surface area contributed by atoms with Crippen molar-refractivity contribution in [3.05, 3.63) is 83.0 Å². The molecule has 1 aliphatic rings. The van der Waals surface area contributed by atoms with Gasteiger partial charge in [0.15, 0.2) is 16.3 Å². The van der Waals surface area contributed by atoms with Gasteiger partial charge in [-0.3, -0.25) is 9.36 Å². The predicted octanol–water partition coefficient (Wildman–Crippen LogP) is 4.06. The van der Waals surface area contributed by atoms with Crippen LogP contribution in [-0.2, 0) is 9.53 Å². The third-order valence-electron chi connectivity index (χ3n) is 5.66. The molecule has 2 heterocycles. The van der Waals surface area contributed by atoms with E-state index in [9.17, 15) is 14.7 Å². The molecule has 0 spiro atoms. The molecule has 3 aromatic rings. The molecule has 0 saturated heterocycles. The molecule has 1 aliphatic heterocycles. The molecule has 1 atom stereocenters. The van der Waals surface area contributed by atoms with Crippen LogP contribution in [-0.4, -0.2) is 35.5 Å². The lowest BCUT2D eigenvalue weighted by Crippen LogP contribution is -2.40. The topological polar surface area (TPSA) is 99.4 Å². The monoisotopic (exact) mass is 586 g/mol. The van der Waals surface area contributed by atoms with Gasteiger partial charge in [0, 0.05) is 10.0 Å². The van der Waals surface area contributed by atoms with Crippen molar-refractivity contribution >= 4 is 39.3 Å². The van der Waals surface area contributed by atoms with Crippen LogP contribution in [0.4, 0.5) is 0 Å². The number of phenolic OH excluding ortho intramolecular Hbond substituents is 1. The summed E-state index contributed by atoms with van der Waals surface area (Å²) in [6, 6.07) is 9.52. The Morgan fingerprint density at radius 1 is 1.24 bits per heavy atom. The van der Waals surface area contributed by atoms with Crippen LogP contribution >= 0.6 is 27.3 Å². The van der Waals surface area contributed by atoms with E-state index in [1.807, 2.05) is 13.8 Å².